The van der Waals surface area contributed by atoms with Gasteiger partial charge in [-0.25, -0.2) is 14.2 Å². The molecule has 2 aromatic carbocycles. The first-order valence-electron chi connectivity index (χ1n) is 14.4. The van der Waals surface area contributed by atoms with Crippen LogP contribution in [-0.2, 0) is 0 Å². The van der Waals surface area contributed by atoms with Crippen LogP contribution in [0.15, 0.2) is 67.0 Å². The number of anilines is 2. The molecule has 11 nitrogen and oxygen atoms in total. The summed E-state index contributed by atoms with van der Waals surface area (Å²) in [5.41, 5.74) is 1.67. The first-order chi connectivity index (χ1) is 21.7. The van der Waals surface area contributed by atoms with Crippen LogP contribution in [0.5, 0.6) is 5.75 Å². The maximum atomic E-state index is 13.5. The van der Waals surface area contributed by atoms with E-state index in [1.165, 1.54) is 27.8 Å². The lowest BCUT2D eigenvalue weighted by atomic mass is 10.0. The van der Waals surface area contributed by atoms with Gasteiger partial charge in [0.1, 0.15) is 17.3 Å². The molecule has 0 saturated carbocycles. The number of benzene rings is 2. The number of nitrogens with one attached hydrogen (secondary N) is 1. The number of fused-ring (bicyclic) bond motifs is 1. The topological polar surface area (TPSA) is 101 Å². The highest BCUT2D eigenvalue weighted by Crippen LogP contribution is 2.38. The van der Waals surface area contributed by atoms with E-state index >= 15 is 0 Å². The van der Waals surface area contributed by atoms with Gasteiger partial charge in [0, 0.05) is 54.1 Å². The maximum Gasteiger partial charge on any atom is 0.387 e. The third kappa shape index (κ3) is 6.40. The zero-order valence-electron chi connectivity index (χ0n) is 24.6. The molecular weight excluding hydrogens is 606 g/mol. The predicted octanol–water partition coefficient (Wildman–Crippen LogP) is 5.68. The van der Waals surface area contributed by atoms with Crippen LogP contribution in [0.4, 0.5) is 25.1 Å². The first-order valence-corrected chi connectivity index (χ1v) is 14.7. The molecule has 0 spiro atoms. The van der Waals surface area contributed by atoms with Crippen molar-refractivity contribution < 1.29 is 23.1 Å². The summed E-state index contributed by atoms with van der Waals surface area (Å²) in [7, 11) is 4.11. The Morgan fingerprint density at radius 2 is 1.84 bits per heavy atom. The molecule has 4 heterocycles. The van der Waals surface area contributed by atoms with E-state index in [9.17, 15) is 18.4 Å². The Hall–Kier alpha value is -4.75. The Morgan fingerprint density at radius 3 is 2.56 bits per heavy atom. The van der Waals surface area contributed by atoms with E-state index in [0.717, 1.165) is 12.8 Å². The van der Waals surface area contributed by atoms with Crippen molar-refractivity contribution in [1.82, 2.24) is 29.4 Å². The minimum Gasteiger partial charge on any atom is -0.434 e. The fraction of sp³-hybridized carbons (Fsp3) is 0.290. The van der Waals surface area contributed by atoms with E-state index in [4.69, 9.17) is 16.3 Å². The van der Waals surface area contributed by atoms with Crippen molar-refractivity contribution in [3.63, 3.8) is 0 Å². The molecule has 2 aromatic heterocycles. The summed E-state index contributed by atoms with van der Waals surface area (Å²) in [5.74, 6) is 0.350. The lowest BCUT2D eigenvalue weighted by molar-refractivity contribution is -0.0494. The average molecular weight is 637 g/mol. The van der Waals surface area contributed by atoms with E-state index < -0.39 is 12.6 Å². The molecule has 2 aliphatic rings. The van der Waals surface area contributed by atoms with Crippen molar-refractivity contribution in [2.75, 3.05) is 43.9 Å². The Labute approximate surface area is 263 Å². The molecule has 0 bridgehead atoms. The molecule has 3 amide bonds. The van der Waals surface area contributed by atoms with Gasteiger partial charge in [-0.3, -0.25) is 9.69 Å². The Morgan fingerprint density at radius 1 is 1.09 bits per heavy atom. The normalized spacial score (nSPS) is 15.1. The number of ether oxygens (including phenoxy) is 1. The second-order valence-electron chi connectivity index (χ2n) is 10.9. The molecule has 14 heteroatoms. The lowest BCUT2D eigenvalue weighted by Gasteiger charge is -2.35. The fourth-order valence-electron chi connectivity index (χ4n) is 5.56. The summed E-state index contributed by atoms with van der Waals surface area (Å²) in [6, 6.07) is 12.8. The van der Waals surface area contributed by atoms with Crippen LogP contribution >= 0.6 is 11.6 Å². The third-order valence-corrected chi connectivity index (χ3v) is 8.17. The van der Waals surface area contributed by atoms with Gasteiger partial charge in [-0.1, -0.05) is 11.6 Å². The van der Waals surface area contributed by atoms with Crippen molar-refractivity contribution >= 4 is 41.2 Å². The Bertz CT molecular complexity index is 1730. The number of alkyl halides is 2. The predicted molar refractivity (Wildman–Crippen MR) is 167 cm³/mol. The van der Waals surface area contributed by atoms with Gasteiger partial charge in [0.25, 0.3) is 5.91 Å². The number of urea groups is 1. The Kier molecular flexibility index (Phi) is 8.55. The quantitative estimate of drug-likeness (QED) is 0.280. The molecular formula is C31H31ClF2N8O3. The number of hydrogen-bond acceptors (Lipinski definition) is 6. The lowest BCUT2D eigenvalue weighted by Crippen LogP contribution is -2.44. The molecule has 4 aromatic rings. The molecule has 45 heavy (non-hydrogen) atoms. The number of piperidine rings is 1. The molecule has 1 saturated heterocycles. The van der Waals surface area contributed by atoms with Crippen LogP contribution in [0.25, 0.3) is 23.1 Å². The number of amides is 3. The SMILES string of the molecule is CN(C)C1CCN(C(=O)c2ccc(-n3cc(NC(=O)N4CC=Cn5nccc54)c(-c4cc(Cl)ccc4OC(F)F)n3)cc2)CC1. The van der Waals surface area contributed by atoms with Crippen molar-refractivity contribution in [3.8, 4) is 22.7 Å². The molecule has 0 aliphatic carbocycles. The van der Waals surface area contributed by atoms with Gasteiger partial charge in [-0.15, -0.1) is 0 Å². The number of halogens is 3. The number of carbonyl (C=O) groups is 2. The third-order valence-electron chi connectivity index (χ3n) is 7.94. The van der Waals surface area contributed by atoms with Gasteiger partial charge in [0.15, 0.2) is 0 Å². The van der Waals surface area contributed by atoms with Crippen molar-refractivity contribution in [2.45, 2.75) is 25.5 Å². The smallest absolute Gasteiger partial charge is 0.387 e. The van der Waals surface area contributed by atoms with Gasteiger partial charge < -0.3 is 19.9 Å². The van der Waals surface area contributed by atoms with Gasteiger partial charge >= 0.3 is 12.6 Å². The number of hydrogen-bond donors (Lipinski definition) is 1. The first kappa shape index (κ1) is 30.3. The van der Waals surface area contributed by atoms with E-state index in [0.29, 0.717) is 42.7 Å². The molecule has 2 aliphatic heterocycles. The van der Waals surface area contributed by atoms with Gasteiger partial charge in [0.2, 0.25) is 0 Å². The average Bonchev–Trinajstić information content (AvgIpc) is 3.69. The molecule has 234 valence electrons. The van der Waals surface area contributed by atoms with Crippen LogP contribution in [-0.4, -0.2) is 87.7 Å². The van der Waals surface area contributed by atoms with E-state index in [1.807, 2.05) is 4.90 Å². The van der Waals surface area contributed by atoms with Crippen LogP contribution in [0.1, 0.15) is 23.2 Å². The second kappa shape index (κ2) is 12.7. The molecule has 6 rings (SSSR count). The van der Waals surface area contributed by atoms with Crippen LogP contribution in [0.2, 0.25) is 5.02 Å². The minimum atomic E-state index is -3.09. The molecule has 0 radical (unpaired) electrons. The summed E-state index contributed by atoms with van der Waals surface area (Å²) < 4.78 is 34.5. The zero-order chi connectivity index (χ0) is 31.7. The van der Waals surface area contributed by atoms with Crippen LogP contribution < -0.4 is 15.0 Å². The number of aromatic nitrogens is 4. The molecule has 0 atom stereocenters. The maximum absolute atomic E-state index is 13.5. The summed E-state index contributed by atoms with van der Waals surface area (Å²) in [5, 5.41) is 12.0. The van der Waals surface area contributed by atoms with Gasteiger partial charge in [0.05, 0.1) is 23.8 Å². The summed E-state index contributed by atoms with van der Waals surface area (Å²) in [4.78, 5) is 32.2. The summed E-state index contributed by atoms with van der Waals surface area (Å²) in [6.45, 7) is -1.43. The highest BCUT2D eigenvalue weighted by atomic mass is 35.5. The zero-order valence-corrected chi connectivity index (χ0v) is 25.4. The van der Waals surface area contributed by atoms with Crippen molar-refractivity contribution in [2.24, 2.45) is 0 Å². The van der Waals surface area contributed by atoms with Gasteiger partial charge in [-0.05, 0) is 75.5 Å². The van der Waals surface area contributed by atoms with Crippen molar-refractivity contribution in [1.29, 1.82) is 0 Å². The van der Waals surface area contributed by atoms with Gasteiger partial charge in [-0.2, -0.15) is 19.0 Å². The number of carbonyl (C=O) groups excluding carboxylic acids is 2. The van der Waals surface area contributed by atoms with E-state index in [-0.39, 0.29) is 33.6 Å². The molecule has 0 unspecified atom stereocenters. The van der Waals surface area contributed by atoms with E-state index in [2.05, 4.69) is 34.5 Å². The Balaban J connectivity index is 1.31. The summed E-state index contributed by atoms with van der Waals surface area (Å²) >= 11 is 6.26. The van der Waals surface area contributed by atoms with E-state index in [1.54, 1.807) is 59.7 Å². The summed E-state index contributed by atoms with van der Waals surface area (Å²) in [6.07, 6.45) is 8.51. The standard InChI is InChI=1S/C31H31ClF2N8O3/c1-38(2)22-11-16-39(17-12-22)29(43)20-4-7-23(8-5-20)42-19-25(36-31(44)40-14-3-15-41-27(40)10-13-35-41)28(37-42)24-18-21(32)6-9-26(24)45-30(33)34/h3-10,13,15,18-19,22,30H,11-12,14,16-17H2,1-2H3,(H,36,44). The monoisotopic (exact) mass is 636 g/mol. The highest BCUT2D eigenvalue weighted by Gasteiger charge is 2.27. The van der Waals surface area contributed by atoms with Crippen LogP contribution in [0, 0.1) is 0 Å². The second-order valence-corrected chi connectivity index (χ2v) is 11.4. The molecule has 1 N–H and O–H groups in total. The van der Waals surface area contributed by atoms with Crippen LogP contribution in [0.3, 0.4) is 0 Å². The highest BCUT2D eigenvalue weighted by molar-refractivity contribution is 6.31. The number of likely N-dealkylation sites (tertiary alicyclic amines) is 1. The largest absolute Gasteiger partial charge is 0.434 e. The van der Waals surface area contributed by atoms with Crippen molar-refractivity contribution in [3.05, 3.63) is 77.6 Å². The minimum absolute atomic E-state index is 0.0459. The number of rotatable bonds is 7. The fourth-order valence-corrected chi connectivity index (χ4v) is 5.73. The molecule has 1 fully saturated rings. The number of nitrogens with zero attached hydrogens (tertiary/aromatic N) is 7.